The topological polar surface area (TPSA) is 41.8 Å². The standard InChI is InChI=1S/C9H8BrClN2/c10-9-6-3-5(11)1-2-7(6)13-8(9)4-12/h1-3,13H,4,12H2. The van der Waals surface area contributed by atoms with Gasteiger partial charge in [0.2, 0.25) is 0 Å². The molecule has 0 aliphatic heterocycles. The van der Waals surface area contributed by atoms with Crippen LogP contribution in [0.4, 0.5) is 0 Å². The van der Waals surface area contributed by atoms with Crippen LogP contribution in [0.25, 0.3) is 10.9 Å². The predicted octanol–water partition coefficient (Wildman–Crippen LogP) is 3.04. The number of aromatic amines is 1. The number of benzene rings is 1. The van der Waals surface area contributed by atoms with Gasteiger partial charge in [0.15, 0.2) is 0 Å². The molecule has 13 heavy (non-hydrogen) atoms. The fourth-order valence-electron chi connectivity index (χ4n) is 1.33. The average molecular weight is 260 g/mol. The van der Waals surface area contributed by atoms with E-state index in [0.717, 1.165) is 26.1 Å². The van der Waals surface area contributed by atoms with Gasteiger partial charge in [0.05, 0.1) is 0 Å². The number of hydrogen-bond donors (Lipinski definition) is 2. The number of nitrogens with one attached hydrogen (secondary N) is 1. The van der Waals surface area contributed by atoms with Crippen molar-refractivity contribution >= 4 is 38.4 Å². The van der Waals surface area contributed by atoms with Gasteiger partial charge in [0.25, 0.3) is 0 Å². The quantitative estimate of drug-likeness (QED) is 0.812. The summed E-state index contributed by atoms with van der Waals surface area (Å²) >= 11 is 9.35. The number of halogens is 2. The lowest BCUT2D eigenvalue weighted by atomic mass is 10.2. The fourth-order valence-corrected chi connectivity index (χ4v) is 2.09. The van der Waals surface area contributed by atoms with E-state index in [4.69, 9.17) is 17.3 Å². The highest BCUT2D eigenvalue weighted by Crippen LogP contribution is 2.29. The monoisotopic (exact) mass is 258 g/mol. The second-order valence-electron chi connectivity index (χ2n) is 2.81. The maximum absolute atomic E-state index is 5.88. The molecular formula is C9H8BrClN2. The normalized spacial score (nSPS) is 11.0. The smallest absolute Gasteiger partial charge is 0.0475 e. The van der Waals surface area contributed by atoms with Gasteiger partial charge in [0, 0.05) is 32.6 Å². The van der Waals surface area contributed by atoms with E-state index in [9.17, 15) is 0 Å². The molecule has 0 amide bonds. The zero-order chi connectivity index (χ0) is 9.42. The van der Waals surface area contributed by atoms with Crippen LogP contribution in [0.2, 0.25) is 5.02 Å². The highest BCUT2D eigenvalue weighted by Gasteiger charge is 2.07. The SMILES string of the molecule is NCc1[nH]c2ccc(Cl)cc2c1Br. The van der Waals surface area contributed by atoms with Crippen molar-refractivity contribution in [1.29, 1.82) is 0 Å². The summed E-state index contributed by atoms with van der Waals surface area (Å²) in [6.07, 6.45) is 0. The molecule has 0 unspecified atom stereocenters. The van der Waals surface area contributed by atoms with E-state index in [1.807, 2.05) is 18.2 Å². The van der Waals surface area contributed by atoms with Crippen LogP contribution < -0.4 is 5.73 Å². The van der Waals surface area contributed by atoms with Gasteiger partial charge < -0.3 is 10.7 Å². The van der Waals surface area contributed by atoms with Crippen molar-refractivity contribution in [2.24, 2.45) is 5.73 Å². The van der Waals surface area contributed by atoms with E-state index >= 15 is 0 Å². The first-order valence-electron chi connectivity index (χ1n) is 3.88. The molecule has 0 saturated carbocycles. The van der Waals surface area contributed by atoms with Crippen LogP contribution in [-0.2, 0) is 6.54 Å². The van der Waals surface area contributed by atoms with Gasteiger partial charge in [-0.25, -0.2) is 0 Å². The molecule has 2 aromatic rings. The van der Waals surface area contributed by atoms with Gasteiger partial charge in [-0.15, -0.1) is 0 Å². The summed E-state index contributed by atoms with van der Waals surface area (Å²) in [4.78, 5) is 3.21. The molecule has 0 fully saturated rings. The largest absolute Gasteiger partial charge is 0.356 e. The summed E-state index contributed by atoms with van der Waals surface area (Å²) in [7, 11) is 0. The Morgan fingerprint density at radius 1 is 1.46 bits per heavy atom. The number of nitrogens with two attached hydrogens (primary N) is 1. The van der Waals surface area contributed by atoms with Crippen molar-refractivity contribution in [3.05, 3.63) is 33.4 Å². The number of H-pyrrole nitrogens is 1. The zero-order valence-corrected chi connectivity index (χ0v) is 9.11. The summed E-state index contributed by atoms with van der Waals surface area (Å²) in [5, 5.41) is 1.81. The van der Waals surface area contributed by atoms with E-state index in [0.29, 0.717) is 6.54 Å². The molecule has 0 radical (unpaired) electrons. The highest BCUT2D eigenvalue weighted by atomic mass is 79.9. The first-order valence-corrected chi connectivity index (χ1v) is 5.05. The van der Waals surface area contributed by atoms with Crippen LogP contribution in [0.5, 0.6) is 0 Å². The molecule has 1 aromatic heterocycles. The number of hydrogen-bond acceptors (Lipinski definition) is 1. The van der Waals surface area contributed by atoms with Gasteiger partial charge in [-0.05, 0) is 34.1 Å². The van der Waals surface area contributed by atoms with Crippen molar-refractivity contribution in [2.45, 2.75) is 6.54 Å². The lowest BCUT2D eigenvalue weighted by molar-refractivity contribution is 1.01. The molecule has 4 heteroatoms. The minimum atomic E-state index is 0.493. The summed E-state index contributed by atoms with van der Waals surface area (Å²) < 4.78 is 1.01. The molecule has 0 bridgehead atoms. The Morgan fingerprint density at radius 2 is 2.23 bits per heavy atom. The maximum atomic E-state index is 5.88. The van der Waals surface area contributed by atoms with Gasteiger partial charge in [0.1, 0.15) is 0 Å². The van der Waals surface area contributed by atoms with Gasteiger partial charge in [-0.2, -0.15) is 0 Å². The van der Waals surface area contributed by atoms with E-state index in [-0.39, 0.29) is 0 Å². The molecule has 0 spiro atoms. The average Bonchev–Trinajstić information content (AvgIpc) is 2.44. The van der Waals surface area contributed by atoms with Crippen LogP contribution in [0.1, 0.15) is 5.69 Å². The lowest BCUT2D eigenvalue weighted by Gasteiger charge is -1.91. The molecule has 0 aliphatic rings. The van der Waals surface area contributed by atoms with Crippen molar-refractivity contribution in [1.82, 2.24) is 4.98 Å². The molecule has 3 N–H and O–H groups in total. The predicted molar refractivity (Wildman–Crippen MR) is 58.9 cm³/mol. The summed E-state index contributed by atoms with van der Waals surface area (Å²) in [6, 6.07) is 5.71. The zero-order valence-electron chi connectivity index (χ0n) is 6.77. The minimum absolute atomic E-state index is 0.493. The van der Waals surface area contributed by atoms with Gasteiger partial charge in [-0.3, -0.25) is 0 Å². The van der Waals surface area contributed by atoms with E-state index in [1.165, 1.54) is 0 Å². The Kier molecular flexibility index (Phi) is 2.32. The van der Waals surface area contributed by atoms with Crippen molar-refractivity contribution in [3.63, 3.8) is 0 Å². The Balaban J connectivity index is 2.77. The molecule has 0 saturated heterocycles. The highest BCUT2D eigenvalue weighted by molar-refractivity contribution is 9.10. The number of fused-ring (bicyclic) bond motifs is 1. The second kappa shape index (κ2) is 3.33. The summed E-state index contributed by atoms with van der Waals surface area (Å²) in [5.74, 6) is 0. The third-order valence-electron chi connectivity index (χ3n) is 1.97. The van der Waals surface area contributed by atoms with Crippen LogP contribution in [0, 0.1) is 0 Å². The molecule has 0 aliphatic carbocycles. The summed E-state index contributed by atoms with van der Waals surface area (Å²) in [5.41, 5.74) is 7.61. The van der Waals surface area contributed by atoms with Crippen LogP contribution in [-0.4, -0.2) is 4.98 Å². The Bertz CT molecular complexity index is 450. The molecular weight excluding hydrogens is 251 g/mol. The summed E-state index contributed by atoms with van der Waals surface area (Å²) in [6.45, 7) is 0.493. The minimum Gasteiger partial charge on any atom is -0.356 e. The number of aromatic nitrogens is 1. The Labute approximate surface area is 89.2 Å². The molecule has 2 rings (SSSR count). The number of rotatable bonds is 1. The Morgan fingerprint density at radius 3 is 2.92 bits per heavy atom. The van der Waals surface area contributed by atoms with Crippen LogP contribution >= 0.6 is 27.5 Å². The molecule has 0 atom stereocenters. The van der Waals surface area contributed by atoms with E-state index in [2.05, 4.69) is 20.9 Å². The maximum Gasteiger partial charge on any atom is 0.0475 e. The molecule has 68 valence electrons. The lowest BCUT2D eigenvalue weighted by Crippen LogP contribution is -1.96. The van der Waals surface area contributed by atoms with Crippen LogP contribution in [0.15, 0.2) is 22.7 Å². The van der Waals surface area contributed by atoms with E-state index < -0.39 is 0 Å². The molecule has 1 aromatic carbocycles. The van der Waals surface area contributed by atoms with Crippen LogP contribution in [0.3, 0.4) is 0 Å². The fraction of sp³-hybridized carbons (Fsp3) is 0.111. The van der Waals surface area contributed by atoms with Crippen molar-refractivity contribution in [2.75, 3.05) is 0 Å². The van der Waals surface area contributed by atoms with Crippen molar-refractivity contribution < 1.29 is 0 Å². The third-order valence-corrected chi connectivity index (χ3v) is 3.11. The van der Waals surface area contributed by atoms with Gasteiger partial charge in [-0.1, -0.05) is 11.6 Å². The molecule has 1 heterocycles. The Hall–Kier alpha value is -0.510. The third kappa shape index (κ3) is 1.47. The van der Waals surface area contributed by atoms with Crippen molar-refractivity contribution in [3.8, 4) is 0 Å². The molecule has 2 nitrogen and oxygen atoms in total. The van der Waals surface area contributed by atoms with E-state index in [1.54, 1.807) is 0 Å². The first-order chi connectivity index (χ1) is 6.22. The second-order valence-corrected chi connectivity index (χ2v) is 4.04. The first kappa shape index (κ1) is 9.06. The van der Waals surface area contributed by atoms with Gasteiger partial charge >= 0.3 is 0 Å².